The molecule has 0 aliphatic carbocycles. The number of piperidine rings is 1. The van der Waals surface area contributed by atoms with E-state index < -0.39 is 35.2 Å². The van der Waals surface area contributed by atoms with E-state index in [-0.39, 0.29) is 0 Å². The molecule has 37 heavy (non-hydrogen) atoms. The maximum atomic E-state index is 14.3. The summed E-state index contributed by atoms with van der Waals surface area (Å²) in [7, 11) is 0. The topological polar surface area (TPSA) is 12.5 Å². The highest BCUT2D eigenvalue weighted by Gasteiger charge is 2.32. The summed E-state index contributed by atoms with van der Waals surface area (Å²) in [5.74, 6) is -1.23. The van der Waals surface area contributed by atoms with Crippen LogP contribution in [0.2, 0.25) is 0 Å². The first kappa shape index (κ1) is 27.1. The van der Waals surface area contributed by atoms with Crippen LogP contribution < -0.4 is 4.74 Å². The number of ether oxygens (including phenoxy) is 1. The average molecular weight is 518 g/mol. The molecular weight excluding hydrogens is 485 g/mol. The normalized spacial score (nSPS) is 16.0. The van der Waals surface area contributed by atoms with Crippen LogP contribution in [0, 0.1) is 11.6 Å². The fourth-order valence-corrected chi connectivity index (χ4v) is 4.98. The van der Waals surface area contributed by atoms with Gasteiger partial charge >= 0.3 is 6.18 Å². The van der Waals surface area contributed by atoms with Crippen LogP contribution in [0.3, 0.4) is 0 Å². The van der Waals surface area contributed by atoms with Gasteiger partial charge in [-0.2, -0.15) is 13.2 Å². The largest absolute Gasteiger partial charge is 0.483 e. The summed E-state index contributed by atoms with van der Waals surface area (Å²) in [6.45, 7) is 3.10. The predicted molar refractivity (Wildman–Crippen MR) is 134 cm³/mol. The van der Waals surface area contributed by atoms with Crippen molar-refractivity contribution in [2.75, 3.05) is 19.6 Å². The van der Waals surface area contributed by atoms with Crippen molar-refractivity contribution in [2.45, 2.75) is 56.7 Å². The van der Waals surface area contributed by atoms with Gasteiger partial charge < -0.3 is 9.64 Å². The van der Waals surface area contributed by atoms with E-state index in [1.165, 1.54) is 23.8 Å². The number of benzene rings is 3. The third kappa shape index (κ3) is 7.78. The first-order chi connectivity index (χ1) is 17.8. The maximum Gasteiger partial charge on any atom is 0.416 e. The Bertz CT molecular complexity index is 1130. The summed E-state index contributed by atoms with van der Waals surface area (Å²) in [5.41, 5.74) is 0.889. The summed E-state index contributed by atoms with van der Waals surface area (Å²) in [6, 6.07) is 18.4. The maximum absolute atomic E-state index is 14.3. The zero-order valence-corrected chi connectivity index (χ0v) is 20.7. The van der Waals surface area contributed by atoms with Gasteiger partial charge in [-0.05, 0) is 99.1 Å². The Morgan fingerprint density at radius 1 is 0.838 bits per heavy atom. The SMILES string of the molecule is Fc1cccc(C(CCCCCN2CCC(c3ccccc3)CC2)Oc2cc(C(F)(F)F)ccc2F)c1. The van der Waals surface area contributed by atoms with Crippen LogP contribution in [0.5, 0.6) is 5.75 Å². The van der Waals surface area contributed by atoms with Gasteiger partial charge in [-0.25, -0.2) is 8.78 Å². The molecule has 0 aromatic heterocycles. The number of nitrogens with zero attached hydrogens (tertiary/aromatic N) is 1. The van der Waals surface area contributed by atoms with Gasteiger partial charge in [0.25, 0.3) is 0 Å². The molecule has 0 bridgehead atoms. The van der Waals surface area contributed by atoms with Gasteiger partial charge in [-0.1, -0.05) is 48.9 Å². The monoisotopic (exact) mass is 517 g/mol. The van der Waals surface area contributed by atoms with Gasteiger partial charge in [0.1, 0.15) is 11.9 Å². The van der Waals surface area contributed by atoms with Crippen molar-refractivity contribution in [3.05, 3.63) is 101 Å². The third-order valence-electron chi connectivity index (χ3n) is 7.05. The zero-order chi connectivity index (χ0) is 26.3. The molecule has 1 atom stereocenters. The fraction of sp³-hybridized carbons (Fsp3) is 0.400. The number of alkyl halides is 3. The first-order valence-electron chi connectivity index (χ1n) is 12.9. The molecule has 4 rings (SSSR count). The van der Waals surface area contributed by atoms with Crippen molar-refractivity contribution >= 4 is 0 Å². The Balaban J connectivity index is 1.29. The summed E-state index contributed by atoms with van der Waals surface area (Å²) in [4.78, 5) is 2.47. The molecule has 0 amide bonds. The highest BCUT2D eigenvalue weighted by atomic mass is 19.4. The number of halogens is 5. The van der Waals surface area contributed by atoms with Gasteiger partial charge in [0.15, 0.2) is 11.6 Å². The number of hydrogen-bond acceptors (Lipinski definition) is 2. The molecule has 3 aromatic carbocycles. The Labute approximate surface area is 215 Å². The van der Waals surface area contributed by atoms with E-state index in [0.717, 1.165) is 57.8 Å². The number of likely N-dealkylation sites (tertiary alicyclic amines) is 1. The molecule has 1 unspecified atom stereocenters. The van der Waals surface area contributed by atoms with E-state index in [0.29, 0.717) is 30.0 Å². The standard InChI is InChI=1S/C30H32F5NO/c31-26-11-7-10-24(20-26)28(37-29-21-25(30(33,34)35)13-14-27(29)32)12-5-2-6-17-36-18-15-23(16-19-36)22-8-3-1-4-9-22/h1,3-4,7-11,13-14,20-21,23,28H,2,5-6,12,15-19H2. The third-order valence-corrected chi connectivity index (χ3v) is 7.05. The van der Waals surface area contributed by atoms with Crippen LogP contribution in [-0.2, 0) is 6.18 Å². The van der Waals surface area contributed by atoms with E-state index in [4.69, 9.17) is 4.74 Å². The lowest BCUT2D eigenvalue weighted by Gasteiger charge is -2.32. The summed E-state index contributed by atoms with van der Waals surface area (Å²) in [5, 5.41) is 0. The molecular formula is C30H32F5NO. The molecule has 1 aliphatic heterocycles. The summed E-state index contributed by atoms with van der Waals surface area (Å²) < 4.78 is 73.3. The van der Waals surface area contributed by atoms with Gasteiger partial charge in [0.2, 0.25) is 0 Å². The second-order valence-corrected chi connectivity index (χ2v) is 9.68. The molecule has 7 heteroatoms. The van der Waals surface area contributed by atoms with Crippen molar-refractivity contribution in [2.24, 2.45) is 0 Å². The first-order valence-corrected chi connectivity index (χ1v) is 12.9. The smallest absolute Gasteiger partial charge is 0.416 e. The Kier molecular flexibility index (Phi) is 9.19. The Morgan fingerprint density at radius 3 is 2.30 bits per heavy atom. The molecule has 0 radical (unpaired) electrons. The lowest BCUT2D eigenvalue weighted by atomic mass is 9.89. The lowest BCUT2D eigenvalue weighted by Crippen LogP contribution is -2.33. The van der Waals surface area contributed by atoms with E-state index in [9.17, 15) is 22.0 Å². The number of rotatable bonds is 10. The minimum Gasteiger partial charge on any atom is -0.483 e. The van der Waals surface area contributed by atoms with E-state index in [1.807, 2.05) is 6.07 Å². The van der Waals surface area contributed by atoms with Crippen molar-refractivity contribution in [1.29, 1.82) is 0 Å². The van der Waals surface area contributed by atoms with E-state index >= 15 is 0 Å². The molecule has 1 saturated heterocycles. The van der Waals surface area contributed by atoms with Crippen LogP contribution in [-0.4, -0.2) is 24.5 Å². The average Bonchev–Trinajstić information content (AvgIpc) is 2.89. The Hall–Kier alpha value is -2.93. The van der Waals surface area contributed by atoms with Crippen LogP contribution in [0.4, 0.5) is 22.0 Å². The fourth-order valence-electron chi connectivity index (χ4n) is 4.98. The predicted octanol–water partition coefficient (Wildman–Crippen LogP) is 8.54. The van der Waals surface area contributed by atoms with Gasteiger partial charge in [0.05, 0.1) is 5.56 Å². The molecule has 1 fully saturated rings. The van der Waals surface area contributed by atoms with Crippen LogP contribution in [0.1, 0.15) is 67.2 Å². The molecule has 0 spiro atoms. The van der Waals surface area contributed by atoms with Crippen molar-refractivity contribution in [1.82, 2.24) is 4.90 Å². The van der Waals surface area contributed by atoms with Gasteiger partial charge in [-0.15, -0.1) is 0 Å². The van der Waals surface area contributed by atoms with Crippen molar-refractivity contribution < 1.29 is 26.7 Å². The van der Waals surface area contributed by atoms with Gasteiger partial charge in [-0.3, -0.25) is 0 Å². The minimum absolute atomic E-state index is 0.440. The molecule has 1 heterocycles. The second-order valence-electron chi connectivity index (χ2n) is 9.68. The van der Waals surface area contributed by atoms with Gasteiger partial charge in [0, 0.05) is 0 Å². The molecule has 3 aromatic rings. The highest BCUT2D eigenvalue weighted by Crippen LogP contribution is 2.35. The zero-order valence-electron chi connectivity index (χ0n) is 20.7. The molecule has 0 N–H and O–H groups in total. The van der Waals surface area contributed by atoms with Crippen LogP contribution in [0.15, 0.2) is 72.8 Å². The quantitative estimate of drug-likeness (QED) is 0.197. The second kappa shape index (κ2) is 12.5. The van der Waals surface area contributed by atoms with E-state index in [1.54, 1.807) is 6.07 Å². The number of hydrogen-bond donors (Lipinski definition) is 0. The summed E-state index contributed by atoms with van der Waals surface area (Å²) >= 11 is 0. The molecule has 2 nitrogen and oxygen atoms in total. The van der Waals surface area contributed by atoms with Crippen molar-refractivity contribution in [3.8, 4) is 5.75 Å². The lowest BCUT2D eigenvalue weighted by molar-refractivity contribution is -0.137. The number of unbranched alkanes of at least 4 members (excludes halogenated alkanes) is 2. The highest BCUT2D eigenvalue weighted by molar-refractivity contribution is 5.33. The van der Waals surface area contributed by atoms with Crippen LogP contribution >= 0.6 is 0 Å². The van der Waals surface area contributed by atoms with Crippen LogP contribution in [0.25, 0.3) is 0 Å². The molecule has 0 saturated carbocycles. The molecule has 198 valence electrons. The van der Waals surface area contributed by atoms with E-state index in [2.05, 4.69) is 29.2 Å². The minimum atomic E-state index is -4.62. The van der Waals surface area contributed by atoms with Crippen molar-refractivity contribution in [3.63, 3.8) is 0 Å². The summed E-state index contributed by atoms with van der Waals surface area (Å²) in [6.07, 6.45) is -0.0600. The Morgan fingerprint density at radius 2 is 1.59 bits per heavy atom. The molecule has 1 aliphatic rings.